The SMILES string of the molecule is CCCCNCOc1cc(Cl)cc2nc(C(=O)OCC)ccc12. The van der Waals surface area contributed by atoms with Crippen LogP contribution in [0.1, 0.15) is 37.2 Å². The molecule has 0 unspecified atom stereocenters. The second kappa shape index (κ2) is 8.70. The van der Waals surface area contributed by atoms with E-state index in [9.17, 15) is 4.79 Å². The van der Waals surface area contributed by atoms with Gasteiger partial charge in [0, 0.05) is 10.4 Å². The Morgan fingerprint density at radius 1 is 1.30 bits per heavy atom. The zero-order valence-corrected chi connectivity index (χ0v) is 14.2. The molecule has 0 fully saturated rings. The average molecular weight is 337 g/mol. The Balaban J connectivity index is 2.19. The summed E-state index contributed by atoms with van der Waals surface area (Å²) in [5, 5.41) is 4.52. The zero-order valence-electron chi connectivity index (χ0n) is 13.4. The fourth-order valence-electron chi connectivity index (χ4n) is 2.11. The van der Waals surface area contributed by atoms with Crippen LogP contribution in [0.4, 0.5) is 0 Å². The van der Waals surface area contributed by atoms with E-state index in [4.69, 9.17) is 21.1 Å². The molecule has 6 heteroatoms. The third-order valence-electron chi connectivity index (χ3n) is 3.26. The summed E-state index contributed by atoms with van der Waals surface area (Å²) in [4.78, 5) is 16.1. The second-order valence-corrected chi connectivity index (χ2v) is 5.47. The van der Waals surface area contributed by atoms with Gasteiger partial charge in [-0.2, -0.15) is 0 Å². The fraction of sp³-hybridized carbons (Fsp3) is 0.412. The average Bonchev–Trinajstić information content (AvgIpc) is 2.54. The van der Waals surface area contributed by atoms with Gasteiger partial charge in [-0.1, -0.05) is 24.9 Å². The topological polar surface area (TPSA) is 60.5 Å². The first-order valence-electron chi connectivity index (χ1n) is 7.76. The van der Waals surface area contributed by atoms with E-state index in [-0.39, 0.29) is 5.69 Å². The van der Waals surface area contributed by atoms with Crippen molar-refractivity contribution in [2.45, 2.75) is 26.7 Å². The molecular formula is C17H21ClN2O3. The molecule has 0 amide bonds. The van der Waals surface area contributed by atoms with E-state index < -0.39 is 5.97 Å². The first-order valence-corrected chi connectivity index (χ1v) is 8.14. The third kappa shape index (κ3) is 4.81. The first kappa shape index (κ1) is 17.5. The van der Waals surface area contributed by atoms with Crippen LogP contribution in [0.25, 0.3) is 10.9 Å². The number of rotatable bonds is 8. The number of fused-ring (bicyclic) bond motifs is 1. The van der Waals surface area contributed by atoms with Crippen molar-refractivity contribution >= 4 is 28.5 Å². The predicted molar refractivity (Wildman–Crippen MR) is 91.1 cm³/mol. The van der Waals surface area contributed by atoms with Crippen LogP contribution in [0.5, 0.6) is 5.75 Å². The van der Waals surface area contributed by atoms with Crippen LogP contribution in [-0.2, 0) is 4.74 Å². The molecule has 2 rings (SSSR count). The Morgan fingerprint density at radius 3 is 2.87 bits per heavy atom. The van der Waals surface area contributed by atoms with Gasteiger partial charge in [0.25, 0.3) is 0 Å². The summed E-state index contributed by atoms with van der Waals surface area (Å²) in [7, 11) is 0. The van der Waals surface area contributed by atoms with Gasteiger partial charge in [-0.25, -0.2) is 9.78 Å². The highest BCUT2D eigenvalue weighted by Gasteiger charge is 2.12. The molecular weight excluding hydrogens is 316 g/mol. The monoisotopic (exact) mass is 336 g/mol. The van der Waals surface area contributed by atoms with Gasteiger partial charge in [-0.15, -0.1) is 0 Å². The highest BCUT2D eigenvalue weighted by molar-refractivity contribution is 6.31. The fourth-order valence-corrected chi connectivity index (χ4v) is 2.31. The number of nitrogens with one attached hydrogen (secondary N) is 1. The van der Waals surface area contributed by atoms with E-state index in [1.165, 1.54) is 0 Å². The summed E-state index contributed by atoms with van der Waals surface area (Å²) in [6.45, 7) is 5.51. The molecule has 0 saturated heterocycles. The largest absolute Gasteiger partial charge is 0.478 e. The van der Waals surface area contributed by atoms with Gasteiger partial charge in [0.05, 0.1) is 12.1 Å². The smallest absolute Gasteiger partial charge is 0.356 e. The Bertz CT molecular complexity index is 676. The lowest BCUT2D eigenvalue weighted by atomic mass is 10.2. The Morgan fingerprint density at radius 2 is 2.13 bits per heavy atom. The summed E-state index contributed by atoms with van der Waals surface area (Å²) in [6, 6.07) is 6.88. The highest BCUT2D eigenvalue weighted by Crippen LogP contribution is 2.29. The summed E-state index contributed by atoms with van der Waals surface area (Å²) in [6.07, 6.45) is 2.23. The molecule has 1 heterocycles. The van der Waals surface area contributed by atoms with E-state index in [1.54, 1.807) is 31.2 Å². The lowest BCUT2D eigenvalue weighted by molar-refractivity contribution is 0.0520. The first-order chi connectivity index (χ1) is 11.2. The Hall–Kier alpha value is -1.85. The lowest BCUT2D eigenvalue weighted by Gasteiger charge is -2.11. The maximum atomic E-state index is 11.8. The van der Waals surface area contributed by atoms with Crippen molar-refractivity contribution in [3.63, 3.8) is 0 Å². The molecule has 0 aliphatic heterocycles. The van der Waals surface area contributed by atoms with Gasteiger partial charge in [-0.3, -0.25) is 5.32 Å². The van der Waals surface area contributed by atoms with Gasteiger partial charge in [0.1, 0.15) is 18.2 Å². The van der Waals surface area contributed by atoms with E-state index in [2.05, 4.69) is 17.2 Å². The zero-order chi connectivity index (χ0) is 16.7. The van der Waals surface area contributed by atoms with Crippen molar-refractivity contribution in [3.8, 4) is 5.75 Å². The standard InChI is InChI=1S/C17H21ClN2O3/c1-3-5-8-19-11-23-16-10-12(18)9-15-13(16)6-7-14(20-15)17(21)22-4-2/h6-7,9-10,19H,3-5,8,11H2,1-2H3. The van der Waals surface area contributed by atoms with Gasteiger partial charge < -0.3 is 9.47 Å². The number of halogens is 1. The molecule has 0 aliphatic carbocycles. The van der Waals surface area contributed by atoms with Crippen LogP contribution < -0.4 is 10.1 Å². The van der Waals surface area contributed by atoms with Crippen LogP contribution in [0.2, 0.25) is 5.02 Å². The van der Waals surface area contributed by atoms with Gasteiger partial charge in [0.2, 0.25) is 0 Å². The normalized spacial score (nSPS) is 10.7. The summed E-state index contributed by atoms with van der Waals surface area (Å²) in [5.41, 5.74) is 0.861. The van der Waals surface area contributed by atoms with Crippen molar-refractivity contribution < 1.29 is 14.3 Å². The number of nitrogens with zero attached hydrogens (tertiary/aromatic N) is 1. The molecule has 1 aromatic carbocycles. The number of hydrogen-bond acceptors (Lipinski definition) is 5. The maximum absolute atomic E-state index is 11.8. The van der Waals surface area contributed by atoms with E-state index >= 15 is 0 Å². The molecule has 5 nitrogen and oxygen atoms in total. The molecule has 0 spiro atoms. The van der Waals surface area contributed by atoms with Gasteiger partial charge >= 0.3 is 5.97 Å². The van der Waals surface area contributed by atoms with Crippen molar-refractivity contribution in [1.29, 1.82) is 0 Å². The molecule has 1 aromatic heterocycles. The molecule has 0 saturated carbocycles. The lowest BCUT2D eigenvalue weighted by Crippen LogP contribution is -2.21. The molecule has 23 heavy (non-hydrogen) atoms. The van der Waals surface area contributed by atoms with Crippen molar-refractivity contribution in [1.82, 2.24) is 10.3 Å². The van der Waals surface area contributed by atoms with Crippen LogP contribution in [0, 0.1) is 0 Å². The van der Waals surface area contributed by atoms with Crippen LogP contribution in [0.3, 0.4) is 0 Å². The number of ether oxygens (including phenoxy) is 2. The van der Waals surface area contributed by atoms with Crippen molar-refractivity contribution in [2.75, 3.05) is 19.9 Å². The number of unbranched alkanes of at least 4 members (excludes halogenated alkanes) is 1. The molecule has 0 atom stereocenters. The minimum Gasteiger partial charge on any atom is -0.478 e. The van der Waals surface area contributed by atoms with E-state index in [1.807, 2.05) is 0 Å². The number of aromatic nitrogens is 1. The summed E-state index contributed by atoms with van der Waals surface area (Å²) >= 11 is 6.12. The maximum Gasteiger partial charge on any atom is 0.356 e. The molecule has 0 aliphatic rings. The summed E-state index contributed by atoms with van der Waals surface area (Å²) in [5.74, 6) is 0.192. The number of carbonyl (C=O) groups excluding carboxylic acids is 1. The Kier molecular flexibility index (Phi) is 6.62. The second-order valence-electron chi connectivity index (χ2n) is 5.03. The predicted octanol–water partition coefficient (Wildman–Crippen LogP) is 3.79. The Labute approximate surface area is 140 Å². The number of benzene rings is 1. The van der Waals surface area contributed by atoms with Crippen LogP contribution in [0.15, 0.2) is 24.3 Å². The number of esters is 1. The van der Waals surface area contributed by atoms with Gasteiger partial charge in [-0.05, 0) is 44.2 Å². The van der Waals surface area contributed by atoms with Gasteiger partial charge in [0.15, 0.2) is 0 Å². The highest BCUT2D eigenvalue weighted by atomic mass is 35.5. The van der Waals surface area contributed by atoms with Crippen molar-refractivity contribution in [2.24, 2.45) is 0 Å². The van der Waals surface area contributed by atoms with Crippen LogP contribution >= 0.6 is 11.6 Å². The van der Waals surface area contributed by atoms with E-state index in [0.29, 0.717) is 29.6 Å². The van der Waals surface area contributed by atoms with Crippen molar-refractivity contribution in [3.05, 3.63) is 35.0 Å². The third-order valence-corrected chi connectivity index (χ3v) is 3.47. The number of hydrogen-bond donors (Lipinski definition) is 1. The molecule has 2 aromatic rings. The minimum atomic E-state index is -0.446. The van der Waals surface area contributed by atoms with E-state index in [0.717, 1.165) is 24.8 Å². The van der Waals surface area contributed by atoms with Crippen LogP contribution in [-0.4, -0.2) is 30.8 Å². The number of carbonyl (C=O) groups is 1. The number of pyridine rings is 1. The molecule has 1 N–H and O–H groups in total. The minimum absolute atomic E-state index is 0.258. The molecule has 0 bridgehead atoms. The molecule has 124 valence electrons. The molecule has 0 radical (unpaired) electrons. The summed E-state index contributed by atoms with van der Waals surface area (Å²) < 4.78 is 10.7. The quantitative estimate of drug-likeness (QED) is 0.451.